The quantitative estimate of drug-likeness (QED) is 0.884. The molecule has 0 radical (unpaired) electrons. The van der Waals surface area contributed by atoms with E-state index >= 15 is 0 Å². The van der Waals surface area contributed by atoms with E-state index in [1.54, 1.807) is 37.4 Å². The van der Waals surface area contributed by atoms with Gasteiger partial charge in [-0.05, 0) is 19.1 Å². The van der Waals surface area contributed by atoms with E-state index < -0.39 is 18.0 Å². The molecule has 1 amide bonds. The summed E-state index contributed by atoms with van der Waals surface area (Å²) in [6.07, 6.45) is 0.822. The van der Waals surface area contributed by atoms with Crippen LogP contribution in [-0.2, 0) is 4.74 Å². The van der Waals surface area contributed by atoms with Gasteiger partial charge in [-0.25, -0.2) is 4.79 Å². The van der Waals surface area contributed by atoms with E-state index in [9.17, 15) is 14.7 Å². The fourth-order valence-electron chi connectivity index (χ4n) is 2.45. The van der Waals surface area contributed by atoms with Gasteiger partial charge in [-0.15, -0.1) is 0 Å². The van der Waals surface area contributed by atoms with Crippen molar-refractivity contribution < 1.29 is 14.6 Å². The first kappa shape index (κ1) is 15.4. The summed E-state index contributed by atoms with van der Waals surface area (Å²) in [5.74, 6) is -0.107. The summed E-state index contributed by atoms with van der Waals surface area (Å²) in [4.78, 5) is 28.2. The fraction of sp³-hybridized carbons (Fsp3) is 0.312. The van der Waals surface area contributed by atoms with Gasteiger partial charge in [0.25, 0.3) is 5.91 Å². The molecule has 1 aliphatic heterocycles. The van der Waals surface area contributed by atoms with Gasteiger partial charge in [0.05, 0.1) is 12.7 Å². The lowest BCUT2D eigenvalue weighted by Gasteiger charge is -2.15. The van der Waals surface area contributed by atoms with Crippen molar-refractivity contribution in [3.63, 3.8) is 0 Å². The van der Waals surface area contributed by atoms with E-state index in [4.69, 9.17) is 4.74 Å². The van der Waals surface area contributed by atoms with Crippen LogP contribution in [0.3, 0.4) is 0 Å². The Morgan fingerprint density at radius 2 is 2.13 bits per heavy atom. The van der Waals surface area contributed by atoms with Crippen LogP contribution >= 0.6 is 0 Å². The van der Waals surface area contributed by atoms with Crippen LogP contribution in [0, 0.1) is 6.92 Å². The van der Waals surface area contributed by atoms with Crippen LogP contribution in [0.5, 0.6) is 0 Å². The molecule has 2 heterocycles. The van der Waals surface area contributed by atoms with E-state index in [1.165, 1.54) is 4.57 Å². The first-order valence-corrected chi connectivity index (χ1v) is 7.30. The maximum absolute atomic E-state index is 12.1. The summed E-state index contributed by atoms with van der Waals surface area (Å²) in [6, 6.07) is 8.70. The number of carbonyl (C=O) groups is 1. The molecule has 3 rings (SSSR count). The van der Waals surface area contributed by atoms with Crippen LogP contribution < -0.4 is 11.0 Å². The number of anilines is 1. The fourth-order valence-corrected chi connectivity index (χ4v) is 2.45. The third-order valence-corrected chi connectivity index (χ3v) is 3.67. The standard InChI is InChI=1S/C16H17N3O4/c1-10-8-19(13-7-12(20)9-23-13)16(22)18-14(10)17-15(21)11-5-3-2-4-6-11/h2-6,8,12-13,20H,7,9H2,1H3,(H,17,18,21,22). The molecule has 1 aliphatic rings. The Labute approximate surface area is 132 Å². The van der Waals surface area contributed by atoms with E-state index in [2.05, 4.69) is 10.3 Å². The molecule has 1 aromatic carbocycles. The highest BCUT2D eigenvalue weighted by Crippen LogP contribution is 2.22. The van der Waals surface area contributed by atoms with Crippen molar-refractivity contribution in [3.05, 3.63) is 58.1 Å². The molecular formula is C16H17N3O4. The zero-order chi connectivity index (χ0) is 16.4. The van der Waals surface area contributed by atoms with Crippen molar-refractivity contribution >= 4 is 11.7 Å². The normalized spacial score (nSPS) is 20.4. The number of rotatable bonds is 3. The minimum Gasteiger partial charge on any atom is -0.391 e. The van der Waals surface area contributed by atoms with Gasteiger partial charge < -0.3 is 15.2 Å². The zero-order valence-corrected chi connectivity index (χ0v) is 12.6. The Kier molecular flexibility index (Phi) is 4.22. The predicted octanol–water partition coefficient (Wildman–Crippen LogP) is 1.08. The number of nitrogens with zero attached hydrogens (tertiary/aromatic N) is 2. The summed E-state index contributed by atoms with van der Waals surface area (Å²) in [5.41, 5.74) is 0.594. The Balaban J connectivity index is 1.83. The molecule has 0 bridgehead atoms. The molecule has 2 N–H and O–H groups in total. The van der Waals surface area contributed by atoms with E-state index in [0.29, 0.717) is 17.5 Å². The van der Waals surface area contributed by atoms with Crippen molar-refractivity contribution in [1.29, 1.82) is 0 Å². The average Bonchev–Trinajstić information content (AvgIpc) is 2.97. The number of benzene rings is 1. The lowest BCUT2D eigenvalue weighted by atomic mass is 10.2. The van der Waals surface area contributed by atoms with Gasteiger partial charge in [0.2, 0.25) is 0 Å². The minimum atomic E-state index is -0.579. The molecule has 2 aromatic rings. The summed E-state index contributed by atoms with van der Waals surface area (Å²) < 4.78 is 6.70. The monoisotopic (exact) mass is 315 g/mol. The highest BCUT2D eigenvalue weighted by molar-refractivity contribution is 6.03. The number of aliphatic hydroxyl groups excluding tert-OH is 1. The molecular weight excluding hydrogens is 298 g/mol. The number of aromatic nitrogens is 2. The number of aliphatic hydroxyl groups is 1. The van der Waals surface area contributed by atoms with Crippen LogP contribution in [0.25, 0.3) is 0 Å². The number of hydrogen-bond donors (Lipinski definition) is 2. The van der Waals surface area contributed by atoms with Crippen molar-refractivity contribution in [1.82, 2.24) is 9.55 Å². The van der Waals surface area contributed by atoms with Crippen LogP contribution in [0.1, 0.15) is 28.6 Å². The summed E-state index contributed by atoms with van der Waals surface area (Å²) in [7, 11) is 0. The van der Waals surface area contributed by atoms with Crippen LogP contribution in [-0.4, -0.2) is 33.3 Å². The van der Waals surface area contributed by atoms with E-state index in [-0.39, 0.29) is 18.3 Å². The lowest BCUT2D eigenvalue weighted by Crippen LogP contribution is -2.29. The topological polar surface area (TPSA) is 93.4 Å². The second-order valence-electron chi connectivity index (χ2n) is 5.46. The van der Waals surface area contributed by atoms with Crippen molar-refractivity contribution in [2.45, 2.75) is 25.7 Å². The molecule has 2 unspecified atom stereocenters. The number of nitrogens with one attached hydrogen (secondary N) is 1. The van der Waals surface area contributed by atoms with Gasteiger partial charge in [-0.1, -0.05) is 18.2 Å². The average molecular weight is 315 g/mol. The molecule has 7 nitrogen and oxygen atoms in total. The molecule has 0 saturated carbocycles. The molecule has 1 aromatic heterocycles. The molecule has 120 valence electrons. The molecule has 1 fully saturated rings. The molecule has 1 saturated heterocycles. The van der Waals surface area contributed by atoms with Gasteiger partial charge >= 0.3 is 5.69 Å². The van der Waals surface area contributed by atoms with Crippen LogP contribution in [0.4, 0.5) is 5.82 Å². The van der Waals surface area contributed by atoms with E-state index in [1.807, 2.05) is 6.07 Å². The Morgan fingerprint density at radius 1 is 1.39 bits per heavy atom. The highest BCUT2D eigenvalue weighted by Gasteiger charge is 2.26. The largest absolute Gasteiger partial charge is 0.391 e. The molecule has 0 aliphatic carbocycles. The van der Waals surface area contributed by atoms with Crippen LogP contribution in [0.2, 0.25) is 0 Å². The van der Waals surface area contributed by atoms with Gasteiger partial charge in [0.1, 0.15) is 12.0 Å². The molecule has 0 spiro atoms. The van der Waals surface area contributed by atoms with Crippen molar-refractivity contribution in [3.8, 4) is 0 Å². The van der Waals surface area contributed by atoms with Gasteiger partial charge in [0.15, 0.2) is 0 Å². The van der Waals surface area contributed by atoms with Crippen molar-refractivity contribution in [2.24, 2.45) is 0 Å². The smallest absolute Gasteiger partial charge is 0.351 e. The maximum Gasteiger partial charge on any atom is 0.351 e. The highest BCUT2D eigenvalue weighted by atomic mass is 16.5. The second-order valence-corrected chi connectivity index (χ2v) is 5.46. The second kappa shape index (κ2) is 6.31. The lowest BCUT2D eigenvalue weighted by molar-refractivity contribution is 0.0447. The molecule has 2 atom stereocenters. The number of aryl methyl sites for hydroxylation is 1. The summed E-state index contributed by atoms with van der Waals surface area (Å²) in [5, 5.41) is 12.1. The van der Waals surface area contributed by atoms with Gasteiger partial charge in [0, 0.05) is 23.7 Å². The Hall–Kier alpha value is -2.51. The predicted molar refractivity (Wildman–Crippen MR) is 83.2 cm³/mol. The number of ether oxygens (including phenoxy) is 1. The van der Waals surface area contributed by atoms with Crippen LogP contribution in [0.15, 0.2) is 41.3 Å². The Morgan fingerprint density at radius 3 is 2.78 bits per heavy atom. The zero-order valence-electron chi connectivity index (χ0n) is 12.6. The molecule has 7 heteroatoms. The third kappa shape index (κ3) is 3.30. The third-order valence-electron chi connectivity index (χ3n) is 3.67. The summed E-state index contributed by atoms with van der Waals surface area (Å²) >= 11 is 0. The molecule has 23 heavy (non-hydrogen) atoms. The first-order chi connectivity index (χ1) is 11.0. The number of hydrogen-bond acceptors (Lipinski definition) is 5. The maximum atomic E-state index is 12.1. The minimum absolute atomic E-state index is 0.197. The summed E-state index contributed by atoms with van der Waals surface area (Å²) in [6.45, 7) is 1.94. The SMILES string of the molecule is Cc1cn(C2CC(O)CO2)c(=O)nc1NC(=O)c1ccccc1. The van der Waals surface area contributed by atoms with Crippen molar-refractivity contribution in [2.75, 3.05) is 11.9 Å². The van der Waals surface area contributed by atoms with Gasteiger partial charge in [-0.2, -0.15) is 4.98 Å². The number of carbonyl (C=O) groups excluding carboxylic acids is 1. The van der Waals surface area contributed by atoms with E-state index in [0.717, 1.165) is 0 Å². The first-order valence-electron chi connectivity index (χ1n) is 7.30. The number of amides is 1. The van der Waals surface area contributed by atoms with Gasteiger partial charge in [-0.3, -0.25) is 9.36 Å². The Bertz CT molecular complexity index is 773.